The summed E-state index contributed by atoms with van der Waals surface area (Å²) >= 11 is 0. The number of likely N-dealkylation sites (tertiary alicyclic amines) is 1. The van der Waals surface area contributed by atoms with Gasteiger partial charge in [0.25, 0.3) is 11.8 Å². The maximum absolute atomic E-state index is 13.4. The minimum Gasteiger partial charge on any atom is -0.452 e. The van der Waals surface area contributed by atoms with Gasteiger partial charge in [0.05, 0.1) is 11.3 Å². The summed E-state index contributed by atoms with van der Waals surface area (Å²) in [7, 11) is 0. The number of anilines is 1. The lowest BCUT2D eigenvalue weighted by molar-refractivity contribution is -0.163. The molecule has 160 valence electrons. The number of piperidine rings is 1. The number of ether oxygens (including phenoxy) is 1. The molecule has 0 aliphatic carbocycles. The maximum Gasteiger partial charge on any atom is 0.354 e. The van der Waals surface area contributed by atoms with Crippen LogP contribution in [0, 0.1) is 0 Å². The molecule has 0 radical (unpaired) electrons. The van der Waals surface area contributed by atoms with Gasteiger partial charge < -0.3 is 14.5 Å². The topological polar surface area (TPSA) is 87.2 Å². The van der Waals surface area contributed by atoms with Crippen LogP contribution in [0.5, 0.6) is 0 Å². The Morgan fingerprint density at radius 2 is 1.97 bits per heavy atom. The normalized spacial score (nSPS) is 25.8. The molecule has 0 saturated carbocycles. The number of likely N-dealkylation sites (N-methyl/N-ethyl adjacent to an activating group) is 1. The van der Waals surface area contributed by atoms with Gasteiger partial charge in [-0.2, -0.15) is 0 Å². The highest BCUT2D eigenvalue weighted by atomic mass is 16.5. The van der Waals surface area contributed by atoms with Crippen LogP contribution >= 0.6 is 0 Å². The van der Waals surface area contributed by atoms with Crippen LogP contribution in [0.15, 0.2) is 24.3 Å². The number of carbonyl (C=O) groups is 4. The fourth-order valence-electron chi connectivity index (χ4n) is 4.97. The lowest BCUT2D eigenvalue weighted by Crippen LogP contribution is -2.68. The number of esters is 1. The maximum atomic E-state index is 13.4. The van der Waals surface area contributed by atoms with Crippen molar-refractivity contribution in [1.29, 1.82) is 0 Å². The Bertz CT molecular complexity index is 901. The van der Waals surface area contributed by atoms with Crippen LogP contribution < -0.4 is 4.90 Å². The molecule has 3 aliphatic rings. The highest BCUT2D eigenvalue weighted by Crippen LogP contribution is 2.44. The van der Waals surface area contributed by atoms with E-state index in [1.165, 1.54) is 9.80 Å². The predicted octanol–water partition coefficient (Wildman–Crippen LogP) is 1.93. The van der Waals surface area contributed by atoms with Gasteiger partial charge in [-0.25, -0.2) is 4.79 Å². The van der Waals surface area contributed by atoms with Gasteiger partial charge in [-0.3, -0.25) is 19.3 Å². The van der Waals surface area contributed by atoms with Gasteiger partial charge in [-0.1, -0.05) is 12.1 Å². The van der Waals surface area contributed by atoms with Gasteiger partial charge in [0, 0.05) is 32.0 Å². The summed E-state index contributed by atoms with van der Waals surface area (Å²) in [6.45, 7) is 4.26. The molecule has 0 spiro atoms. The number of hydrogen-bond acceptors (Lipinski definition) is 5. The first-order valence-corrected chi connectivity index (χ1v) is 10.6. The molecule has 0 bridgehead atoms. The summed E-state index contributed by atoms with van der Waals surface area (Å²) in [5.74, 6) is -1.52. The Morgan fingerprint density at radius 3 is 2.70 bits per heavy atom. The van der Waals surface area contributed by atoms with Crippen molar-refractivity contribution in [3.8, 4) is 0 Å². The van der Waals surface area contributed by atoms with Gasteiger partial charge in [0.15, 0.2) is 6.61 Å². The first kappa shape index (κ1) is 20.4. The van der Waals surface area contributed by atoms with E-state index in [0.717, 1.165) is 19.3 Å². The van der Waals surface area contributed by atoms with Gasteiger partial charge in [-0.05, 0) is 45.2 Å². The van der Waals surface area contributed by atoms with Crippen LogP contribution in [0.4, 0.5) is 5.69 Å². The van der Waals surface area contributed by atoms with Crippen LogP contribution in [0.3, 0.4) is 0 Å². The van der Waals surface area contributed by atoms with Crippen molar-refractivity contribution < 1.29 is 23.9 Å². The zero-order chi connectivity index (χ0) is 21.5. The van der Waals surface area contributed by atoms with Crippen molar-refractivity contribution in [3.63, 3.8) is 0 Å². The van der Waals surface area contributed by atoms with E-state index < -0.39 is 11.6 Å². The van der Waals surface area contributed by atoms with Crippen molar-refractivity contribution in [3.05, 3.63) is 29.8 Å². The molecule has 3 heterocycles. The number of amides is 3. The number of fused-ring (bicyclic) bond motifs is 3. The molecular weight excluding hydrogens is 386 g/mol. The van der Waals surface area contributed by atoms with Gasteiger partial charge in [-0.15, -0.1) is 0 Å². The van der Waals surface area contributed by atoms with E-state index in [1.807, 2.05) is 6.92 Å². The summed E-state index contributed by atoms with van der Waals surface area (Å²) in [6.07, 6.45) is 3.22. The van der Waals surface area contributed by atoms with Crippen molar-refractivity contribution in [2.75, 3.05) is 24.6 Å². The molecule has 2 fully saturated rings. The summed E-state index contributed by atoms with van der Waals surface area (Å²) in [6, 6.07) is 6.91. The Balaban J connectivity index is 1.62. The minimum absolute atomic E-state index is 0.114. The second-order valence-electron chi connectivity index (χ2n) is 8.12. The zero-order valence-corrected chi connectivity index (χ0v) is 17.4. The third-order valence-electron chi connectivity index (χ3n) is 6.47. The minimum atomic E-state index is -1.54. The van der Waals surface area contributed by atoms with Gasteiger partial charge >= 0.3 is 5.97 Å². The number of hydrogen-bond donors (Lipinski definition) is 0. The lowest BCUT2D eigenvalue weighted by Gasteiger charge is -2.48. The van der Waals surface area contributed by atoms with Crippen LogP contribution in [-0.2, 0) is 19.1 Å². The monoisotopic (exact) mass is 413 g/mol. The summed E-state index contributed by atoms with van der Waals surface area (Å²) in [4.78, 5) is 56.5. The number of benzene rings is 1. The standard InChI is InChI=1S/C22H27N3O5/c1-3-24-20(28)16-9-4-5-10-17(16)25-18(26)11-12-22(24,25)21(29)30-14-19(27)23-13-7-6-8-15(23)2/h4-5,9-10,15H,3,6-8,11-14H2,1-2H3/t15-,22-/m0/s1. The molecule has 3 aliphatic heterocycles. The van der Waals surface area contributed by atoms with E-state index in [1.54, 1.807) is 36.1 Å². The molecule has 0 N–H and O–H groups in total. The van der Waals surface area contributed by atoms with Gasteiger partial charge in [0.2, 0.25) is 11.6 Å². The average Bonchev–Trinajstić information content (AvgIpc) is 3.11. The number of nitrogens with zero attached hydrogens (tertiary/aromatic N) is 3. The third-order valence-corrected chi connectivity index (χ3v) is 6.47. The molecule has 3 amide bonds. The Hall–Kier alpha value is -2.90. The van der Waals surface area contributed by atoms with Gasteiger partial charge in [0.1, 0.15) is 0 Å². The zero-order valence-electron chi connectivity index (χ0n) is 17.4. The molecule has 1 aromatic carbocycles. The second kappa shape index (κ2) is 7.74. The number of para-hydroxylation sites is 1. The molecule has 8 nitrogen and oxygen atoms in total. The summed E-state index contributed by atoms with van der Waals surface area (Å²) in [5, 5.41) is 0. The van der Waals surface area contributed by atoms with E-state index in [-0.39, 0.29) is 49.8 Å². The number of rotatable bonds is 4. The van der Waals surface area contributed by atoms with E-state index in [2.05, 4.69) is 0 Å². The number of carbonyl (C=O) groups excluding carboxylic acids is 4. The first-order valence-electron chi connectivity index (χ1n) is 10.6. The molecule has 2 atom stereocenters. The van der Waals surface area contributed by atoms with Crippen LogP contribution in [0.25, 0.3) is 0 Å². The first-order chi connectivity index (χ1) is 14.4. The molecule has 30 heavy (non-hydrogen) atoms. The van der Waals surface area contributed by atoms with Crippen molar-refractivity contribution in [1.82, 2.24) is 9.80 Å². The Kier molecular flexibility index (Phi) is 5.26. The fourth-order valence-corrected chi connectivity index (χ4v) is 4.97. The van der Waals surface area contributed by atoms with Crippen molar-refractivity contribution >= 4 is 29.4 Å². The van der Waals surface area contributed by atoms with E-state index in [4.69, 9.17) is 4.74 Å². The summed E-state index contributed by atoms with van der Waals surface area (Å²) < 4.78 is 5.48. The van der Waals surface area contributed by atoms with Crippen LogP contribution in [-0.4, -0.2) is 64.9 Å². The molecule has 0 aromatic heterocycles. The predicted molar refractivity (Wildman–Crippen MR) is 109 cm³/mol. The smallest absolute Gasteiger partial charge is 0.354 e. The third kappa shape index (κ3) is 2.97. The molecule has 8 heteroatoms. The molecule has 0 unspecified atom stereocenters. The highest BCUT2D eigenvalue weighted by molar-refractivity contribution is 6.15. The van der Waals surface area contributed by atoms with Crippen LogP contribution in [0.1, 0.15) is 56.3 Å². The van der Waals surface area contributed by atoms with E-state index in [0.29, 0.717) is 17.8 Å². The van der Waals surface area contributed by atoms with Crippen molar-refractivity contribution in [2.24, 2.45) is 0 Å². The molecular formula is C22H27N3O5. The van der Waals surface area contributed by atoms with E-state index in [9.17, 15) is 19.2 Å². The Morgan fingerprint density at radius 1 is 1.20 bits per heavy atom. The molecule has 4 rings (SSSR count). The second-order valence-corrected chi connectivity index (χ2v) is 8.12. The van der Waals surface area contributed by atoms with Crippen LogP contribution in [0.2, 0.25) is 0 Å². The fraction of sp³-hybridized carbons (Fsp3) is 0.545. The lowest BCUT2D eigenvalue weighted by atomic mass is 9.96. The highest BCUT2D eigenvalue weighted by Gasteiger charge is 2.61. The van der Waals surface area contributed by atoms with E-state index >= 15 is 0 Å². The largest absolute Gasteiger partial charge is 0.452 e. The Labute approximate surface area is 175 Å². The van der Waals surface area contributed by atoms with Crippen molar-refractivity contribution in [2.45, 2.75) is 57.7 Å². The SMILES string of the molecule is CCN1C(=O)c2ccccc2N2C(=O)CC[C@]12C(=O)OCC(=O)N1CCCC[C@@H]1C. The quantitative estimate of drug-likeness (QED) is 0.704. The summed E-state index contributed by atoms with van der Waals surface area (Å²) in [5.41, 5.74) is -0.732. The molecule has 2 saturated heterocycles. The molecule has 1 aromatic rings. The average molecular weight is 413 g/mol.